The molecule has 0 saturated carbocycles. The number of benzene rings is 1. The highest BCUT2D eigenvalue weighted by molar-refractivity contribution is 7.89. The molecule has 5 heteroatoms. The summed E-state index contributed by atoms with van der Waals surface area (Å²) in [5, 5.41) is 9.42. The summed E-state index contributed by atoms with van der Waals surface area (Å²) in [6, 6.07) is 6.36. The minimum absolute atomic E-state index is 0.0959. The van der Waals surface area contributed by atoms with Crippen LogP contribution in [-0.2, 0) is 10.0 Å². The third-order valence-corrected chi connectivity index (χ3v) is 4.59. The van der Waals surface area contributed by atoms with E-state index in [1.807, 2.05) is 20.8 Å². The van der Waals surface area contributed by atoms with E-state index in [0.29, 0.717) is 12.1 Å². The molecule has 0 bridgehead atoms. The Morgan fingerprint density at radius 2 is 1.68 bits per heavy atom. The van der Waals surface area contributed by atoms with Crippen LogP contribution in [0.25, 0.3) is 0 Å². The van der Waals surface area contributed by atoms with Crippen molar-refractivity contribution in [2.24, 2.45) is 5.41 Å². The third-order valence-electron chi connectivity index (χ3n) is 2.77. The van der Waals surface area contributed by atoms with Crippen molar-refractivity contribution in [2.45, 2.75) is 38.7 Å². The molecule has 108 valence electrons. The maximum atomic E-state index is 12.4. The van der Waals surface area contributed by atoms with Crippen LogP contribution in [0.2, 0.25) is 0 Å². The van der Waals surface area contributed by atoms with Gasteiger partial charge in [0.2, 0.25) is 10.0 Å². The fourth-order valence-electron chi connectivity index (χ4n) is 1.85. The molecular formula is C14H23NO3S. The molecule has 1 atom stereocenters. The van der Waals surface area contributed by atoms with Gasteiger partial charge in [0, 0.05) is 13.6 Å². The second-order valence-corrected chi connectivity index (χ2v) is 8.11. The second-order valence-electron chi connectivity index (χ2n) is 6.07. The van der Waals surface area contributed by atoms with E-state index in [9.17, 15) is 13.5 Å². The van der Waals surface area contributed by atoms with Gasteiger partial charge >= 0.3 is 0 Å². The maximum absolute atomic E-state index is 12.4. The lowest BCUT2D eigenvalue weighted by Gasteiger charge is -2.26. The lowest BCUT2D eigenvalue weighted by atomic mass is 9.97. The summed E-state index contributed by atoms with van der Waals surface area (Å²) >= 11 is 0. The molecule has 0 amide bonds. The van der Waals surface area contributed by atoms with Crippen molar-refractivity contribution in [3.8, 4) is 0 Å². The van der Waals surface area contributed by atoms with E-state index < -0.39 is 16.1 Å². The number of rotatable bonds is 4. The lowest BCUT2D eigenvalue weighted by molar-refractivity contribution is 0.199. The third kappa shape index (κ3) is 4.30. The fraction of sp³-hybridized carbons (Fsp3) is 0.571. The first kappa shape index (κ1) is 16.1. The Hall–Kier alpha value is -0.910. The molecule has 0 heterocycles. The molecule has 0 fully saturated rings. The Morgan fingerprint density at radius 3 is 2.05 bits per heavy atom. The highest BCUT2D eigenvalue weighted by Crippen LogP contribution is 2.22. The molecule has 0 radical (unpaired) electrons. The summed E-state index contributed by atoms with van der Waals surface area (Å²) in [5.41, 5.74) is 0.610. The summed E-state index contributed by atoms with van der Waals surface area (Å²) in [6.07, 6.45) is -0.593. The molecule has 1 unspecified atom stereocenters. The molecule has 4 nitrogen and oxygen atoms in total. The maximum Gasteiger partial charge on any atom is 0.242 e. The number of aliphatic hydroxyl groups is 1. The standard InChI is InChI=1S/C14H23NO3S/c1-11(16)12-6-8-13(9-7-12)19(17,18)15(5)10-14(2,3)4/h6-9,11,16H,10H2,1-5H3. The quantitative estimate of drug-likeness (QED) is 0.924. The molecule has 0 spiro atoms. The molecule has 0 aliphatic carbocycles. The van der Waals surface area contributed by atoms with E-state index in [0.717, 1.165) is 0 Å². The van der Waals surface area contributed by atoms with E-state index in [2.05, 4.69) is 0 Å². The average molecular weight is 285 g/mol. The first-order valence-corrected chi connectivity index (χ1v) is 7.72. The average Bonchev–Trinajstić information content (AvgIpc) is 2.26. The summed E-state index contributed by atoms with van der Waals surface area (Å²) in [7, 11) is -1.88. The van der Waals surface area contributed by atoms with Gasteiger partial charge in [-0.05, 0) is 30.0 Å². The molecule has 1 rings (SSSR count). The van der Waals surface area contributed by atoms with Crippen LogP contribution >= 0.6 is 0 Å². The van der Waals surface area contributed by atoms with Crippen LogP contribution in [0.1, 0.15) is 39.4 Å². The molecule has 1 aromatic rings. The van der Waals surface area contributed by atoms with Gasteiger partial charge in [-0.3, -0.25) is 0 Å². The minimum atomic E-state index is -3.46. The van der Waals surface area contributed by atoms with E-state index in [-0.39, 0.29) is 10.3 Å². The number of hydrogen-bond donors (Lipinski definition) is 1. The SMILES string of the molecule is CC(O)c1ccc(S(=O)(=O)N(C)CC(C)(C)C)cc1. The van der Waals surface area contributed by atoms with Gasteiger partial charge in [-0.1, -0.05) is 32.9 Å². The number of sulfonamides is 1. The van der Waals surface area contributed by atoms with Gasteiger partial charge in [-0.25, -0.2) is 12.7 Å². The van der Waals surface area contributed by atoms with Crippen LogP contribution in [0.4, 0.5) is 0 Å². The Balaban J connectivity index is 3.00. The van der Waals surface area contributed by atoms with Crippen molar-refractivity contribution in [1.29, 1.82) is 0 Å². The molecular weight excluding hydrogens is 262 g/mol. The molecule has 0 saturated heterocycles. The van der Waals surface area contributed by atoms with Crippen molar-refractivity contribution < 1.29 is 13.5 Å². The Morgan fingerprint density at radius 1 is 1.21 bits per heavy atom. The van der Waals surface area contributed by atoms with Crippen LogP contribution in [0, 0.1) is 5.41 Å². The minimum Gasteiger partial charge on any atom is -0.389 e. The van der Waals surface area contributed by atoms with Gasteiger partial charge in [0.15, 0.2) is 0 Å². The highest BCUT2D eigenvalue weighted by Gasteiger charge is 2.25. The van der Waals surface area contributed by atoms with Crippen LogP contribution in [-0.4, -0.2) is 31.4 Å². The predicted octanol–water partition coefficient (Wildman–Crippen LogP) is 2.41. The van der Waals surface area contributed by atoms with E-state index >= 15 is 0 Å². The monoisotopic (exact) mass is 285 g/mol. The van der Waals surface area contributed by atoms with Gasteiger partial charge in [-0.2, -0.15) is 0 Å². The molecule has 19 heavy (non-hydrogen) atoms. The van der Waals surface area contributed by atoms with Crippen molar-refractivity contribution in [1.82, 2.24) is 4.31 Å². The number of nitrogens with zero attached hydrogens (tertiary/aromatic N) is 1. The Kier molecular flexibility index (Phi) is 4.76. The van der Waals surface area contributed by atoms with E-state index in [1.54, 1.807) is 26.1 Å². The Bertz CT molecular complexity index is 513. The first-order valence-electron chi connectivity index (χ1n) is 6.28. The van der Waals surface area contributed by atoms with Gasteiger partial charge in [-0.15, -0.1) is 0 Å². The zero-order valence-corrected chi connectivity index (χ0v) is 13.0. The summed E-state index contributed by atoms with van der Waals surface area (Å²) in [6.45, 7) is 8.09. The zero-order valence-electron chi connectivity index (χ0n) is 12.2. The lowest BCUT2D eigenvalue weighted by Crippen LogP contribution is -2.34. The van der Waals surface area contributed by atoms with Gasteiger partial charge in [0.1, 0.15) is 0 Å². The molecule has 0 aliphatic rings. The van der Waals surface area contributed by atoms with Gasteiger partial charge < -0.3 is 5.11 Å². The first-order chi connectivity index (χ1) is 8.54. The van der Waals surface area contributed by atoms with Crippen molar-refractivity contribution in [3.63, 3.8) is 0 Å². The Labute approximate surface area is 116 Å². The largest absolute Gasteiger partial charge is 0.389 e. The molecule has 1 N–H and O–H groups in total. The van der Waals surface area contributed by atoms with E-state index in [1.165, 1.54) is 16.4 Å². The topological polar surface area (TPSA) is 57.6 Å². The van der Waals surface area contributed by atoms with Gasteiger partial charge in [0.05, 0.1) is 11.0 Å². The number of aliphatic hydroxyl groups excluding tert-OH is 1. The van der Waals surface area contributed by atoms with Crippen molar-refractivity contribution in [3.05, 3.63) is 29.8 Å². The van der Waals surface area contributed by atoms with Crippen LogP contribution in [0.15, 0.2) is 29.2 Å². The normalized spacial score (nSPS) is 14.7. The fourth-order valence-corrected chi connectivity index (χ4v) is 3.25. The van der Waals surface area contributed by atoms with Crippen LogP contribution in [0.3, 0.4) is 0 Å². The summed E-state index contributed by atoms with van der Waals surface area (Å²) in [4.78, 5) is 0.253. The van der Waals surface area contributed by atoms with Crippen LogP contribution < -0.4 is 0 Å². The van der Waals surface area contributed by atoms with Gasteiger partial charge in [0.25, 0.3) is 0 Å². The zero-order chi connectivity index (χ0) is 14.8. The molecule has 0 aliphatic heterocycles. The molecule has 1 aromatic carbocycles. The van der Waals surface area contributed by atoms with Crippen molar-refractivity contribution in [2.75, 3.05) is 13.6 Å². The smallest absolute Gasteiger partial charge is 0.242 e. The predicted molar refractivity (Wildman–Crippen MR) is 76.3 cm³/mol. The number of hydrogen-bond acceptors (Lipinski definition) is 3. The van der Waals surface area contributed by atoms with Crippen molar-refractivity contribution >= 4 is 10.0 Å². The summed E-state index contributed by atoms with van der Waals surface area (Å²) in [5.74, 6) is 0. The van der Waals surface area contributed by atoms with E-state index in [4.69, 9.17) is 0 Å². The molecule has 0 aromatic heterocycles. The highest BCUT2D eigenvalue weighted by atomic mass is 32.2. The van der Waals surface area contributed by atoms with Crippen LogP contribution in [0.5, 0.6) is 0 Å². The summed E-state index contributed by atoms with van der Waals surface area (Å²) < 4.78 is 26.1. The second kappa shape index (κ2) is 5.61.